The number of hydrogen-bond acceptors (Lipinski definition) is 6. The van der Waals surface area contributed by atoms with Gasteiger partial charge in [0.05, 0.1) is 0 Å². The van der Waals surface area contributed by atoms with E-state index in [9.17, 15) is 14.4 Å². The predicted octanol–water partition coefficient (Wildman–Crippen LogP) is 18.9. The molecule has 0 saturated heterocycles. The van der Waals surface area contributed by atoms with Crippen LogP contribution in [0.1, 0.15) is 258 Å². The molecule has 0 heterocycles. The number of carbonyl (C=O) groups is 3. The Morgan fingerprint density at radius 3 is 0.941 bits per heavy atom. The van der Waals surface area contributed by atoms with Crippen molar-refractivity contribution in [1.29, 1.82) is 0 Å². The summed E-state index contributed by atoms with van der Waals surface area (Å²) in [7, 11) is 0. The molecule has 0 aromatic rings. The fraction of sp³-hybridized carbons (Fsp3) is 0.694. The van der Waals surface area contributed by atoms with Crippen molar-refractivity contribution in [2.45, 2.75) is 264 Å². The molecule has 1 atom stereocenters. The lowest BCUT2D eigenvalue weighted by molar-refractivity contribution is -0.167. The summed E-state index contributed by atoms with van der Waals surface area (Å²) in [6.07, 6.45) is 73.9. The third-order valence-electron chi connectivity index (χ3n) is 11.8. The Morgan fingerprint density at radius 1 is 0.309 bits per heavy atom. The summed E-state index contributed by atoms with van der Waals surface area (Å²) in [5.41, 5.74) is 0. The van der Waals surface area contributed by atoms with Crippen LogP contribution in [0.3, 0.4) is 0 Å². The zero-order valence-corrected chi connectivity index (χ0v) is 44.3. The average Bonchev–Trinajstić information content (AvgIpc) is 3.34. The Morgan fingerprint density at radius 2 is 0.574 bits per heavy atom. The monoisotopic (exact) mass is 945 g/mol. The summed E-state index contributed by atoms with van der Waals surface area (Å²) < 4.78 is 16.8. The number of ether oxygens (including phenoxy) is 3. The molecule has 0 bridgehead atoms. The van der Waals surface area contributed by atoms with E-state index < -0.39 is 6.10 Å². The largest absolute Gasteiger partial charge is 0.462 e. The van der Waals surface area contributed by atoms with Gasteiger partial charge in [-0.2, -0.15) is 0 Å². The van der Waals surface area contributed by atoms with Crippen LogP contribution in [0.4, 0.5) is 0 Å². The standard InChI is InChI=1S/C62H104O6/c1-4-7-10-13-16-19-22-25-28-30-31-33-34-37-40-43-46-49-52-55-61(64)67-58-59(57-66-60(63)54-51-48-45-42-39-36-27-24-21-18-15-12-9-6-3)68-62(65)56-53-50-47-44-41-38-35-32-29-26-23-20-17-14-11-8-5-2/h8,11,16-17,19-20,24-29,31,33,35,38,59H,4-7,9-10,12-15,18,21-23,30,32,34,36-37,39-58H2,1-3H3/b11-8-,19-16-,20-17-,27-24-,28-25-,29-26-,33-31-,38-35-. The Hall–Kier alpha value is -3.67. The van der Waals surface area contributed by atoms with Crippen molar-refractivity contribution < 1.29 is 28.6 Å². The topological polar surface area (TPSA) is 78.9 Å². The van der Waals surface area contributed by atoms with Gasteiger partial charge in [-0.3, -0.25) is 14.4 Å². The van der Waals surface area contributed by atoms with E-state index in [0.29, 0.717) is 19.3 Å². The van der Waals surface area contributed by atoms with Gasteiger partial charge in [-0.15, -0.1) is 0 Å². The Bertz CT molecular complexity index is 1360. The maximum absolute atomic E-state index is 12.8. The molecule has 0 aliphatic heterocycles. The summed E-state index contributed by atoms with van der Waals surface area (Å²) in [4.78, 5) is 38.1. The molecule has 0 amide bonds. The van der Waals surface area contributed by atoms with Crippen molar-refractivity contribution >= 4 is 17.9 Å². The maximum atomic E-state index is 12.8. The van der Waals surface area contributed by atoms with Gasteiger partial charge in [0.2, 0.25) is 0 Å². The highest BCUT2D eigenvalue weighted by Gasteiger charge is 2.19. The van der Waals surface area contributed by atoms with Crippen LogP contribution in [0.5, 0.6) is 0 Å². The summed E-state index contributed by atoms with van der Waals surface area (Å²) in [5, 5.41) is 0. The van der Waals surface area contributed by atoms with Gasteiger partial charge < -0.3 is 14.2 Å². The molecule has 0 radical (unpaired) electrons. The van der Waals surface area contributed by atoms with Crippen LogP contribution < -0.4 is 0 Å². The molecule has 0 aromatic heterocycles. The van der Waals surface area contributed by atoms with E-state index in [1.54, 1.807) is 0 Å². The number of esters is 3. The highest BCUT2D eigenvalue weighted by molar-refractivity contribution is 5.71. The molecule has 0 aromatic carbocycles. The number of hydrogen-bond donors (Lipinski definition) is 0. The van der Waals surface area contributed by atoms with Gasteiger partial charge in [-0.1, -0.05) is 214 Å². The first-order chi connectivity index (χ1) is 33.5. The second-order valence-corrected chi connectivity index (χ2v) is 18.5. The Kier molecular flexibility index (Phi) is 52.9. The van der Waals surface area contributed by atoms with Gasteiger partial charge in [-0.25, -0.2) is 0 Å². The molecule has 388 valence electrons. The van der Waals surface area contributed by atoms with Crippen molar-refractivity contribution in [2.75, 3.05) is 13.2 Å². The molecule has 0 spiro atoms. The zero-order valence-electron chi connectivity index (χ0n) is 44.3. The molecular weight excluding hydrogens is 841 g/mol. The minimum atomic E-state index is -0.801. The molecule has 1 unspecified atom stereocenters. The van der Waals surface area contributed by atoms with Crippen LogP contribution in [0, 0.1) is 0 Å². The first kappa shape index (κ1) is 64.3. The van der Waals surface area contributed by atoms with Crippen molar-refractivity contribution in [1.82, 2.24) is 0 Å². The molecule has 6 heteroatoms. The lowest BCUT2D eigenvalue weighted by Gasteiger charge is -2.18. The second-order valence-electron chi connectivity index (χ2n) is 18.5. The van der Waals surface area contributed by atoms with E-state index in [1.165, 1.54) is 96.3 Å². The van der Waals surface area contributed by atoms with E-state index in [-0.39, 0.29) is 31.1 Å². The molecule has 0 aliphatic carbocycles. The molecule has 6 nitrogen and oxygen atoms in total. The SMILES string of the molecule is CC/C=C\C/C=C\C/C=C\C/C=C\CCCCCCC(=O)OC(COC(=O)CCCCCCC/C=C\CCCCCCC)COC(=O)CCCCCCCC/C=C\C/C=C\C/C=C\CCCCC. The molecule has 0 N–H and O–H groups in total. The lowest BCUT2D eigenvalue weighted by atomic mass is 10.1. The van der Waals surface area contributed by atoms with Crippen LogP contribution in [-0.2, 0) is 28.6 Å². The smallest absolute Gasteiger partial charge is 0.306 e. The van der Waals surface area contributed by atoms with Crippen molar-refractivity contribution in [3.63, 3.8) is 0 Å². The number of rotatable bonds is 50. The van der Waals surface area contributed by atoms with Gasteiger partial charge in [-0.05, 0) is 122 Å². The number of allylic oxidation sites excluding steroid dienone is 16. The predicted molar refractivity (Wildman–Crippen MR) is 293 cm³/mol. The molecule has 0 fully saturated rings. The second kappa shape index (κ2) is 55.9. The summed E-state index contributed by atoms with van der Waals surface area (Å²) >= 11 is 0. The number of carbonyl (C=O) groups excluding carboxylic acids is 3. The number of unbranched alkanes of at least 4 members (excludes halogenated alkanes) is 23. The maximum Gasteiger partial charge on any atom is 0.306 e. The van der Waals surface area contributed by atoms with Crippen LogP contribution in [0.15, 0.2) is 97.2 Å². The average molecular weight is 946 g/mol. The highest BCUT2D eigenvalue weighted by Crippen LogP contribution is 2.14. The fourth-order valence-corrected chi connectivity index (χ4v) is 7.55. The van der Waals surface area contributed by atoms with Gasteiger partial charge in [0, 0.05) is 19.3 Å². The van der Waals surface area contributed by atoms with E-state index in [1.807, 2.05) is 0 Å². The van der Waals surface area contributed by atoms with E-state index in [2.05, 4.69) is 118 Å². The Labute approximate surface area is 419 Å². The van der Waals surface area contributed by atoms with E-state index in [0.717, 1.165) is 122 Å². The Balaban J connectivity index is 4.47. The van der Waals surface area contributed by atoms with E-state index >= 15 is 0 Å². The molecule has 68 heavy (non-hydrogen) atoms. The van der Waals surface area contributed by atoms with Gasteiger partial charge in [0.15, 0.2) is 6.10 Å². The van der Waals surface area contributed by atoms with Crippen LogP contribution in [-0.4, -0.2) is 37.2 Å². The van der Waals surface area contributed by atoms with Gasteiger partial charge in [0.25, 0.3) is 0 Å². The highest BCUT2D eigenvalue weighted by atomic mass is 16.6. The minimum Gasteiger partial charge on any atom is -0.462 e. The first-order valence-corrected chi connectivity index (χ1v) is 28.2. The molecular formula is C62H104O6. The van der Waals surface area contributed by atoms with Crippen molar-refractivity contribution in [3.8, 4) is 0 Å². The first-order valence-electron chi connectivity index (χ1n) is 28.2. The normalized spacial score (nSPS) is 12.8. The van der Waals surface area contributed by atoms with Gasteiger partial charge in [0.1, 0.15) is 13.2 Å². The molecule has 0 aliphatic rings. The molecule has 0 rings (SSSR count). The minimum absolute atomic E-state index is 0.0968. The summed E-state index contributed by atoms with van der Waals surface area (Å²) in [6.45, 7) is 6.45. The third-order valence-corrected chi connectivity index (χ3v) is 11.8. The molecule has 0 saturated carbocycles. The zero-order chi connectivity index (χ0) is 49.3. The fourth-order valence-electron chi connectivity index (χ4n) is 7.55. The van der Waals surface area contributed by atoms with Gasteiger partial charge >= 0.3 is 17.9 Å². The summed E-state index contributed by atoms with van der Waals surface area (Å²) in [5.74, 6) is -0.940. The van der Waals surface area contributed by atoms with Crippen LogP contribution in [0.25, 0.3) is 0 Å². The van der Waals surface area contributed by atoms with Crippen molar-refractivity contribution in [2.24, 2.45) is 0 Å². The van der Waals surface area contributed by atoms with E-state index in [4.69, 9.17) is 14.2 Å². The third kappa shape index (κ3) is 53.3. The van der Waals surface area contributed by atoms with Crippen LogP contribution in [0.2, 0.25) is 0 Å². The quantitative estimate of drug-likeness (QED) is 0.0262. The van der Waals surface area contributed by atoms with Crippen molar-refractivity contribution in [3.05, 3.63) is 97.2 Å². The lowest BCUT2D eigenvalue weighted by Crippen LogP contribution is -2.30. The summed E-state index contributed by atoms with van der Waals surface area (Å²) in [6, 6.07) is 0. The van der Waals surface area contributed by atoms with Crippen LogP contribution >= 0.6 is 0 Å².